The molecule has 1 aliphatic carbocycles. The molecule has 0 radical (unpaired) electrons. The van der Waals surface area contributed by atoms with Crippen molar-refractivity contribution in [1.29, 1.82) is 0 Å². The first kappa shape index (κ1) is 22.7. The van der Waals surface area contributed by atoms with Crippen LogP contribution in [0.15, 0.2) is 54.6 Å². The summed E-state index contributed by atoms with van der Waals surface area (Å²) in [6.45, 7) is 3.85. The van der Waals surface area contributed by atoms with Crippen LogP contribution in [-0.2, 0) is 17.9 Å². The highest BCUT2D eigenvalue weighted by Crippen LogP contribution is 2.44. The smallest absolute Gasteiger partial charge is 0.358 e. The highest BCUT2D eigenvalue weighted by molar-refractivity contribution is 5.89. The van der Waals surface area contributed by atoms with Crippen LogP contribution in [-0.4, -0.2) is 33.4 Å². The average Bonchev–Trinajstić information content (AvgIpc) is 3.41. The van der Waals surface area contributed by atoms with Gasteiger partial charge in [-0.1, -0.05) is 49.6 Å². The molecule has 0 amide bonds. The first-order chi connectivity index (χ1) is 17.7. The minimum absolute atomic E-state index is 0.331. The molecule has 2 aliphatic rings. The molecule has 2 aromatic carbocycles. The number of carbonyl (C=O) groups excluding carboxylic acids is 1. The summed E-state index contributed by atoms with van der Waals surface area (Å²) in [6.07, 6.45) is 5.92. The quantitative estimate of drug-likeness (QED) is 0.314. The number of carbonyl (C=O) groups is 1. The van der Waals surface area contributed by atoms with Gasteiger partial charge in [0.15, 0.2) is 5.69 Å². The van der Waals surface area contributed by atoms with Gasteiger partial charge in [0.2, 0.25) is 0 Å². The maximum absolute atomic E-state index is 12.5. The van der Waals surface area contributed by atoms with E-state index in [1.807, 2.05) is 47.8 Å². The summed E-state index contributed by atoms with van der Waals surface area (Å²) < 4.78 is 21.8. The molecular weight excluding hydrogens is 454 g/mol. The van der Waals surface area contributed by atoms with Crippen LogP contribution in [0.4, 0.5) is 0 Å². The molecule has 1 saturated carbocycles. The fourth-order valence-corrected chi connectivity index (χ4v) is 5.55. The van der Waals surface area contributed by atoms with Gasteiger partial charge < -0.3 is 18.8 Å². The summed E-state index contributed by atoms with van der Waals surface area (Å²) in [4.78, 5) is 12.5. The molecule has 36 heavy (non-hydrogen) atoms. The van der Waals surface area contributed by atoms with Gasteiger partial charge >= 0.3 is 5.97 Å². The number of rotatable bonds is 6. The average molecular weight is 486 g/mol. The number of ether oxygens (including phenoxy) is 3. The highest BCUT2D eigenvalue weighted by atomic mass is 16.5. The molecule has 6 rings (SSSR count). The predicted molar refractivity (Wildman–Crippen MR) is 137 cm³/mol. The van der Waals surface area contributed by atoms with Gasteiger partial charge in [0.05, 0.1) is 24.5 Å². The van der Waals surface area contributed by atoms with Crippen molar-refractivity contribution in [3.05, 3.63) is 71.5 Å². The van der Waals surface area contributed by atoms with Crippen LogP contribution >= 0.6 is 0 Å². The lowest BCUT2D eigenvalue weighted by Gasteiger charge is -2.22. The molecule has 1 fully saturated rings. The Kier molecular flexibility index (Phi) is 6.13. The van der Waals surface area contributed by atoms with E-state index in [1.165, 1.54) is 25.0 Å². The SMILES string of the molecule is CCOC(=O)c1cc2n3c(c(C4CCCCC4)n2n1)-c1ccc(OCc2ccccc2)cc1OCC3. The summed E-state index contributed by atoms with van der Waals surface area (Å²) in [7, 11) is 0. The number of nitrogens with zero attached hydrogens (tertiary/aromatic N) is 3. The molecule has 0 saturated heterocycles. The van der Waals surface area contributed by atoms with Gasteiger partial charge in [0.25, 0.3) is 0 Å². The third kappa shape index (κ3) is 4.12. The monoisotopic (exact) mass is 485 g/mol. The van der Waals surface area contributed by atoms with E-state index in [4.69, 9.17) is 19.3 Å². The second kappa shape index (κ2) is 9.72. The molecule has 2 aromatic heterocycles. The number of esters is 1. The molecule has 0 N–H and O–H groups in total. The maximum atomic E-state index is 12.5. The van der Waals surface area contributed by atoms with Crippen molar-refractivity contribution >= 4 is 11.6 Å². The van der Waals surface area contributed by atoms with Crippen LogP contribution in [0, 0.1) is 0 Å². The van der Waals surface area contributed by atoms with Gasteiger partial charge in [-0.05, 0) is 37.5 Å². The lowest BCUT2D eigenvalue weighted by atomic mass is 9.85. The molecule has 7 heteroatoms. The number of hydrogen-bond donors (Lipinski definition) is 0. The van der Waals surface area contributed by atoms with Crippen LogP contribution in [0.25, 0.3) is 16.9 Å². The Labute approximate surface area is 210 Å². The summed E-state index contributed by atoms with van der Waals surface area (Å²) in [5, 5.41) is 4.75. The van der Waals surface area contributed by atoms with Gasteiger partial charge in [0, 0.05) is 23.6 Å². The molecular formula is C29H31N3O4. The van der Waals surface area contributed by atoms with Crippen molar-refractivity contribution in [3.63, 3.8) is 0 Å². The molecule has 7 nitrogen and oxygen atoms in total. The van der Waals surface area contributed by atoms with Gasteiger partial charge in [-0.25, -0.2) is 9.31 Å². The van der Waals surface area contributed by atoms with Crippen molar-refractivity contribution in [2.45, 2.75) is 58.1 Å². The number of aromatic nitrogens is 3. The molecule has 3 heterocycles. The lowest BCUT2D eigenvalue weighted by Crippen LogP contribution is -2.11. The lowest BCUT2D eigenvalue weighted by molar-refractivity contribution is 0.0519. The zero-order chi connectivity index (χ0) is 24.5. The van der Waals surface area contributed by atoms with E-state index < -0.39 is 0 Å². The topological polar surface area (TPSA) is 67.0 Å². The first-order valence-electron chi connectivity index (χ1n) is 13.0. The van der Waals surface area contributed by atoms with Crippen LogP contribution < -0.4 is 9.47 Å². The summed E-state index contributed by atoms with van der Waals surface area (Å²) >= 11 is 0. The molecule has 186 valence electrons. The molecule has 0 atom stereocenters. The Bertz CT molecular complexity index is 1380. The van der Waals surface area contributed by atoms with E-state index in [0.29, 0.717) is 38.0 Å². The summed E-state index contributed by atoms with van der Waals surface area (Å²) in [5.41, 5.74) is 5.75. The maximum Gasteiger partial charge on any atom is 0.358 e. The van der Waals surface area contributed by atoms with Crippen molar-refractivity contribution in [2.75, 3.05) is 13.2 Å². The van der Waals surface area contributed by atoms with E-state index in [9.17, 15) is 4.79 Å². The largest absolute Gasteiger partial charge is 0.491 e. The second-order valence-electron chi connectivity index (χ2n) is 9.52. The molecule has 0 unspecified atom stereocenters. The van der Waals surface area contributed by atoms with Gasteiger partial charge in [-0.2, -0.15) is 5.10 Å². The van der Waals surface area contributed by atoms with Crippen molar-refractivity contribution < 1.29 is 19.0 Å². The Morgan fingerprint density at radius 2 is 1.92 bits per heavy atom. The number of imidazole rings is 1. The predicted octanol–water partition coefficient (Wildman–Crippen LogP) is 6.00. The minimum atomic E-state index is -0.379. The van der Waals surface area contributed by atoms with Crippen molar-refractivity contribution in [3.8, 4) is 22.8 Å². The molecule has 0 bridgehead atoms. The van der Waals surface area contributed by atoms with Gasteiger partial charge in [-0.15, -0.1) is 0 Å². The summed E-state index contributed by atoms with van der Waals surface area (Å²) in [5.74, 6) is 1.61. The third-order valence-electron chi connectivity index (χ3n) is 7.21. The Morgan fingerprint density at radius 1 is 1.08 bits per heavy atom. The third-order valence-corrected chi connectivity index (χ3v) is 7.21. The van der Waals surface area contributed by atoms with Crippen LogP contribution in [0.5, 0.6) is 11.5 Å². The number of benzene rings is 2. The molecule has 0 spiro atoms. The highest BCUT2D eigenvalue weighted by Gasteiger charge is 2.31. The standard InChI is InChI=1S/C29H31N3O4/c1-2-34-29(33)24-18-26-31-15-16-35-25-17-22(36-19-20-9-5-3-6-10-20)13-14-23(25)28(31)27(32(26)30-24)21-11-7-4-8-12-21/h3,5-6,9-10,13-14,17-18,21H,2,4,7-8,11-12,15-16,19H2,1H3. The van der Waals surface area contributed by atoms with E-state index >= 15 is 0 Å². The normalized spacial score (nSPS) is 15.6. The van der Waals surface area contributed by atoms with E-state index in [0.717, 1.165) is 46.8 Å². The van der Waals surface area contributed by atoms with E-state index in [-0.39, 0.29) is 5.97 Å². The Morgan fingerprint density at radius 3 is 2.72 bits per heavy atom. The van der Waals surface area contributed by atoms with E-state index in [2.05, 4.69) is 22.8 Å². The van der Waals surface area contributed by atoms with Gasteiger partial charge in [-0.3, -0.25) is 0 Å². The fraction of sp³-hybridized carbons (Fsp3) is 0.379. The van der Waals surface area contributed by atoms with Crippen molar-refractivity contribution in [2.24, 2.45) is 0 Å². The Balaban J connectivity index is 1.43. The van der Waals surface area contributed by atoms with Crippen LogP contribution in [0.3, 0.4) is 0 Å². The number of fused-ring (bicyclic) bond motifs is 5. The molecule has 1 aliphatic heterocycles. The van der Waals surface area contributed by atoms with Crippen molar-refractivity contribution in [1.82, 2.24) is 14.2 Å². The second-order valence-corrected chi connectivity index (χ2v) is 9.52. The van der Waals surface area contributed by atoms with Crippen LogP contribution in [0.1, 0.15) is 66.7 Å². The first-order valence-corrected chi connectivity index (χ1v) is 13.0. The van der Waals surface area contributed by atoms with Crippen LogP contribution in [0.2, 0.25) is 0 Å². The van der Waals surface area contributed by atoms with Gasteiger partial charge in [0.1, 0.15) is 30.4 Å². The zero-order valence-electron chi connectivity index (χ0n) is 20.6. The number of hydrogen-bond acceptors (Lipinski definition) is 5. The Hall–Kier alpha value is -3.74. The zero-order valence-corrected chi connectivity index (χ0v) is 20.6. The summed E-state index contributed by atoms with van der Waals surface area (Å²) in [6, 6.07) is 18.1. The molecule has 4 aromatic rings. The minimum Gasteiger partial charge on any atom is -0.491 e. The van der Waals surface area contributed by atoms with E-state index in [1.54, 1.807) is 0 Å². The fourth-order valence-electron chi connectivity index (χ4n) is 5.55.